The smallest absolute Gasteiger partial charge is 0.307 e. The van der Waals surface area contributed by atoms with Crippen LogP contribution in [0.5, 0.6) is 5.75 Å². The van der Waals surface area contributed by atoms with Crippen LogP contribution < -0.4 is 4.74 Å². The lowest BCUT2D eigenvalue weighted by molar-refractivity contribution is -0.138. The minimum absolute atomic E-state index is 0.184. The molecule has 1 aromatic rings. The van der Waals surface area contributed by atoms with E-state index < -0.39 is 5.97 Å². The van der Waals surface area contributed by atoms with Crippen molar-refractivity contribution < 1.29 is 14.6 Å². The summed E-state index contributed by atoms with van der Waals surface area (Å²) < 4.78 is 5.35. The van der Waals surface area contributed by atoms with E-state index in [2.05, 4.69) is 0 Å². The fourth-order valence-electron chi connectivity index (χ4n) is 2.14. The zero-order valence-electron chi connectivity index (χ0n) is 9.56. The molecule has 0 spiro atoms. The van der Waals surface area contributed by atoms with Gasteiger partial charge in [0.05, 0.1) is 12.5 Å². The van der Waals surface area contributed by atoms with E-state index in [1.165, 1.54) is 0 Å². The van der Waals surface area contributed by atoms with Crippen LogP contribution in [0.15, 0.2) is 24.3 Å². The van der Waals surface area contributed by atoms with E-state index in [9.17, 15) is 4.79 Å². The highest BCUT2D eigenvalue weighted by Gasteiger charge is 2.55. The number of hydrogen-bond acceptors (Lipinski definition) is 2. The molecule has 1 aliphatic rings. The molecule has 0 amide bonds. The average Bonchev–Trinajstić information content (AvgIpc) is 2.94. The van der Waals surface area contributed by atoms with E-state index in [1.54, 1.807) is 0 Å². The van der Waals surface area contributed by atoms with Crippen molar-refractivity contribution in [2.24, 2.45) is 5.92 Å². The maximum absolute atomic E-state index is 10.9. The second kappa shape index (κ2) is 3.81. The Kier molecular flexibility index (Phi) is 2.62. The van der Waals surface area contributed by atoms with Crippen LogP contribution in [0.3, 0.4) is 0 Å². The topological polar surface area (TPSA) is 46.5 Å². The van der Waals surface area contributed by atoms with Crippen molar-refractivity contribution in [3.05, 3.63) is 29.8 Å². The summed E-state index contributed by atoms with van der Waals surface area (Å²) in [4.78, 5) is 10.9. The van der Waals surface area contributed by atoms with Crippen molar-refractivity contribution in [1.29, 1.82) is 0 Å². The Morgan fingerprint density at radius 2 is 2.12 bits per heavy atom. The highest BCUT2D eigenvalue weighted by molar-refractivity contribution is 5.77. The third-order valence-corrected chi connectivity index (χ3v) is 3.36. The van der Waals surface area contributed by atoms with Crippen LogP contribution in [0, 0.1) is 5.92 Å². The molecule has 86 valence electrons. The SMILES string of the molecule is CCOc1ccc(C2(C)CC2C(=O)O)cc1. The average molecular weight is 220 g/mol. The first-order chi connectivity index (χ1) is 7.58. The summed E-state index contributed by atoms with van der Waals surface area (Å²) in [7, 11) is 0. The van der Waals surface area contributed by atoms with Gasteiger partial charge in [-0.15, -0.1) is 0 Å². The fourth-order valence-corrected chi connectivity index (χ4v) is 2.14. The quantitative estimate of drug-likeness (QED) is 0.847. The number of carboxylic acid groups (broad SMARTS) is 1. The number of hydrogen-bond donors (Lipinski definition) is 1. The minimum atomic E-state index is -0.698. The Morgan fingerprint density at radius 1 is 1.50 bits per heavy atom. The maximum Gasteiger partial charge on any atom is 0.307 e. The largest absolute Gasteiger partial charge is 0.494 e. The van der Waals surface area contributed by atoms with Gasteiger partial charge in [-0.2, -0.15) is 0 Å². The Bertz CT molecular complexity index is 396. The summed E-state index contributed by atoms with van der Waals surface area (Å²) in [6, 6.07) is 7.74. The van der Waals surface area contributed by atoms with Gasteiger partial charge in [-0.25, -0.2) is 0 Å². The van der Waals surface area contributed by atoms with Crippen molar-refractivity contribution in [2.45, 2.75) is 25.7 Å². The van der Waals surface area contributed by atoms with Gasteiger partial charge in [-0.3, -0.25) is 4.79 Å². The summed E-state index contributed by atoms with van der Waals surface area (Å²) in [5, 5.41) is 8.96. The Hall–Kier alpha value is -1.51. The molecule has 3 nitrogen and oxygen atoms in total. The molecule has 0 heterocycles. The lowest BCUT2D eigenvalue weighted by atomic mass is 9.95. The normalized spacial score (nSPS) is 27.5. The molecule has 16 heavy (non-hydrogen) atoms. The van der Waals surface area contributed by atoms with Gasteiger partial charge in [0.2, 0.25) is 0 Å². The first-order valence-electron chi connectivity index (χ1n) is 5.54. The van der Waals surface area contributed by atoms with Crippen molar-refractivity contribution in [3.63, 3.8) is 0 Å². The molecule has 1 fully saturated rings. The molecule has 1 saturated carbocycles. The zero-order chi connectivity index (χ0) is 11.8. The van der Waals surface area contributed by atoms with E-state index in [-0.39, 0.29) is 11.3 Å². The first-order valence-corrected chi connectivity index (χ1v) is 5.54. The predicted molar refractivity (Wildman–Crippen MR) is 60.7 cm³/mol. The molecule has 1 aliphatic carbocycles. The Labute approximate surface area is 95.0 Å². The van der Waals surface area contributed by atoms with Gasteiger partial charge in [0.1, 0.15) is 5.75 Å². The Morgan fingerprint density at radius 3 is 2.56 bits per heavy atom. The molecular formula is C13H16O3. The van der Waals surface area contributed by atoms with Crippen LogP contribution in [0.1, 0.15) is 25.8 Å². The van der Waals surface area contributed by atoms with E-state index >= 15 is 0 Å². The number of ether oxygens (including phenoxy) is 1. The second-order valence-corrected chi connectivity index (χ2v) is 4.47. The van der Waals surface area contributed by atoms with E-state index in [0.717, 1.165) is 17.7 Å². The highest BCUT2D eigenvalue weighted by atomic mass is 16.5. The molecular weight excluding hydrogens is 204 g/mol. The van der Waals surface area contributed by atoms with Crippen LogP contribution in [-0.2, 0) is 10.2 Å². The fraction of sp³-hybridized carbons (Fsp3) is 0.462. The second-order valence-electron chi connectivity index (χ2n) is 4.47. The van der Waals surface area contributed by atoms with Gasteiger partial charge in [0, 0.05) is 5.41 Å². The lowest BCUT2D eigenvalue weighted by Crippen LogP contribution is -2.10. The summed E-state index contributed by atoms with van der Waals surface area (Å²) in [6.07, 6.45) is 0.732. The van der Waals surface area contributed by atoms with Gasteiger partial charge >= 0.3 is 5.97 Å². The summed E-state index contributed by atoms with van der Waals surface area (Å²) in [5.41, 5.74) is 0.902. The summed E-state index contributed by atoms with van der Waals surface area (Å²) in [6.45, 7) is 4.59. The number of aliphatic carboxylic acids is 1. The molecule has 0 radical (unpaired) electrons. The molecule has 1 N–H and O–H groups in total. The molecule has 2 rings (SSSR count). The highest BCUT2D eigenvalue weighted by Crippen LogP contribution is 2.54. The van der Waals surface area contributed by atoms with Crippen LogP contribution >= 0.6 is 0 Å². The number of rotatable bonds is 4. The van der Waals surface area contributed by atoms with Crippen LogP contribution in [-0.4, -0.2) is 17.7 Å². The Balaban J connectivity index is 2.14. The number of carboxylic acids is 1. The van der Waals surface area contributed by atoms with Gasteiger partial charge in [-0.1, -0.05) is 19.1 Å². The molecule has 2 atom stereocenters. The van der Waals surface area contributed by atoms with Crippen molar-refractivity contribution in [2.75, 3.05) is 6.61 Å². The lowest BCUT2D eigenvalue weighted by Gasteiger charge is -2.11. The zero-order valence-corrected chi connectivity index (χ0v) is 9.56. The van der Waals surface area contributed by atoms with E-state index in [4.69, 9.17) is 9.84 Å². The standard InChI is InChI=1S/C13H16O3/c1-3-16-10-6-4-9(5-7-10)13(2)8-11(13)12(14)15/h4-7,11H,3,8H2,1-2H3,(H,14,15). The third-order valence-electron chi connectivity index (χ3n) is 3.36. The molecule has 0 saturated heterocycles. The van der Waals surface area contributed by atoms with E-state index in [0.29, 0.717) is 6.61 Å². The van der Waals surface area contributed by atoms with Crippen molar-refractivity contribution >= 4 is 5.97 Å². The van der Waals surface area contributed by atoms with Gasteiger partial charge in [-0.05, 0) is 31.0 Å². The molecule has 0 bridgehead atoms. The molecule has 2 unspecified atom stereocenters. The maximum atomic E-state index is 10.9. The third kappa shape index (κ3) is 1.77. The molecule has 1 aromatic carbocycles. The molecule has 0 aliphatic heterocycles. The molecule has 0 aromatic heterocycles. The monoisotopic (exact) mass is 220 g/mol. The predicted octanol–water partition coefficient (Wildman–Crippen LogP) is 2.45. The summed E-state index contributed by atoms with van der Waals surface area (Å²) >= 11 is 0. The minimum Gasteiger partial charge on any atom is -0.494 e. The first kappa shape index (κ1) is 11.0. The number of carbonyl (C=O) groups is 1. The van der Waals surface area contributed by atoms with Gasteiger partial charge < -0.3 is 9.84 Å². The molecule has 3 heteroatoms. The number of benzene rings is 1. The van der Waals surface area contributed by atoms with Crippen molar-refractivity contribution in [1.82, 2.24) is 0 Å². The van der Waals surface area contributed by atoms with Gasteiger partial charge in [0.25, 0.3) is 0 Å². The van der Waals surface area contributed by atoms with Crippen molar-refractivity contribution in [3.8, 4) is 5.75 Å². The van der Waals surface area contributed by atoms with Crippen LogP contribution in [0.2, 0.25) is 0 Å². The summed E-state index contributed by atoms with van der Waals surface area (Å²) in [5.74, 6) is -0.0933. The van der Waals surface area contributed by atoms with E-state index in [1.807, 2.05) is 38.1 Å². The van der Waals surface area contributed by atoms with Gasteiger partial charge in [0.15, 0.2) is 0 Å². The van der Waals surface area contributed by atoms with Crippen LogP contribution in [0.25, 0.3) is 0 Å². The van der Waals surface area contributed by atoms with Crippen LogP contribution in [0.4, 0.5) is 0 Å².